The van der Waals surface area contributed by atoms with Gasteiger partial charge in [-0.15, -0.1) is 0 Å². The van der Waals surface area contributed by atoms with Crippen molar-refractivity contribution in [3.63, 3.8) is 0 Å². The lowest BCUT2D eigenvalue weighted by Crippen LogP contribution is -2.48. The maximum Gasteiger partial charge on any atom is 0.165 e. The molecule has 2 saturated carbocycles. The fourth-order valence-electron chi connectivity index (χ4n) is 7.02. The normalized spacial score (nSPS) is 22.5. The van der Waals surface area contributed by atoms with Gasteiger partial charge in [0, 0.05) is 23.8 Å². The summed E-state index contributed by atoms with van der Waals surface area (Å²) >= 11 is 0. The average molecular weight is 491 g/mol. The molecule has 0 N–H and O–H groups in total. The van der Waals surface area contributed by atoms with Crippen LogP contribution in [0.4, 0.5) is 0 Å². The minimum Gasteiger partial charge on any atom is -0.300 e. The molecule has 4 nitrogen and oxygen atoms in total. The van der Waals surface area contributed by atoms with Crippen LogP contribution in [0, 0.1) is 24.2 Å². The van der Waals surface area contributed by atoms with Gasteiger partial charge < -0.3 is 4.79 Å². The second-order valence-corrected chi connectivity index (χ2v) is 11.6. The molecule has 6 rings (SSSR count). The molecule has 0 aliphatic heterocycles. The van der Waals surface area contributed by atoms with Crippen molar-refractivity contribution >= 4 is 22.5 Å². The van der Waals surface area contributed by atoms with E-state index in [0.717, 1.165) is 46.9 Å². The van der Waals surface area contributed by atoms with Crippen LogP contribution in [0.5, 0.6) is 0 Å². The summed E-state index contributed by atoms with van der Waals surface area (Å²) in [6.45, 7) is 4.41. The molecule has 4 aromatic rings. The van der Waals surface area contributed by atoms with E-state index in [9.17, 15) is 9.59 Å². The van der Waals surface area contributed by atoms with Crippen LogP contribution in [0.1, 0.15) is 66.9 Å². The third-order valence-corrected chi connectivity index (χ3v) is 8.65. The molecular formula is C33H34N2O2. The van der Waals surface area contributed by atoms with Crippen molar-refractivity contribution in [2.45, 2.75) is 58.9 Å². The Labute approximate surface area is 218 Å². The van der Waals surface area contributed by atoms with Crippen LogP contribution in [0.3, 0.4) is 0 Å². The molecule has 4 heteroatoms. The van der Waals surface area contributed by atoms with Gasteiger partial charge in [0.15, 0.2) is 5.78 Å². The molecule has 1 spiro atoms. The molecule has 1 aromatic heterocycles. The molecule has 37 heavy (non-hydrogen) atoms. The second kappa shape index (κ2) is 9.41. The van der Waals surface area contributed by atoms with Gasteiger partial charge in [-0.05, 0) is 85.1 Å². The van der Waals surface area contributed by atoms with Crippen LogP contribution in [0.15, 0.2) is 72.9 Å². The van der Waals surface area contributed by atoms with E-state index < -0.39 is 0 Å². The Bertz CT molecular complexity index is 1450. The maximum absolute atomic E-state index is 13.5. The molecular weight excluding hydrogens is 456 g/mol. The highest BCUT2D eigenvalue weighted by Gasteiger charge is 2.52. The van der Waals surface area contributed by atoms with E-state index in [1.54, 1.807) is 6.92 Å². The lowest BCUT2D eigenvalue weighted by Gasteiger charge is -2.58. The van der Waals surface area contributed by atoms with Crippen LogP contribution in [0.2, 0.25) is 0 Å². The third-order valence-electron chi connectivity index (χ3n) is 8.65. The summed E-state index contributed by atoms with van der Waals surface area (Å²) in [4.78, 5) is 24.9. The van der Waals surface area contributed by atoms with Crippen LogP contribution in [0.25, 0.3) is 22.0 Å². The summed E-state index contributed by atoms with van der Waals surface area (Å²) in [5.41, 5.74) is 6.87. The number of benzene rings is 3. The highest BCUT2D eigenvalue weighted by atomic mass is 16.1. The minimum absolute atomic E-state index is 0.227. The number of fused-ring (bicyclic) bond motifs is 1. The van der Waals surface area contributed by atoms with Crippen LogP contribution in [-0.2, 0) is 11.3 Å². The molecule has 188 valence electrons. The predicted octanol–water partition coefficient (Wildman–Crippen LogP) is 7.42. The maximum atomic E-state index is 13.5. The summed E-state index contributed by atoms with van der Waals surface area (Å²) in [6.07, 6.45) is 7.84. The zero-order valence-corrected chi connectivity index (χ0v) is 21.7. The molecule has 0 unspecified atom stereocenters. The molecule has 0 amide bonds. The zero-order chi connectivity index (χ0) is 25.6. The van der Waals surface area contributed by atoms with Gasteiger partial charge in [0.25, 0.3) is 0 Å². The van der Waals surface area contributed by atoms with Crippen molar-refractivity contribution in [3.8, 4) is 11.1 Å². The summed E-state index contributed by atoms with van der Waals surface area (Å²) in [6, 6.07) is 23.0. The average Bonchev–Trinajstić information content (AvgIpc) is 3.27. The van der Waals surface area contributed by atoms with Crippen molar-refractivity contribution in [1.82, 2.24) is 9.78 Å². The van der Waals surface area contributed by atoms with Gasteiger partial charge in [0.1, 0.15) is 5.78 Å². The van der Waals surface area contributed by atoms with E-state index in [4.69, 9.17) is 5.10 Å². The smallest absolute Gasteiger partial charge is 0.165 e. The van der Waals surface area contributed by atoms with Gasteiger partial charge in [-0.25, -0.2) is 0 Å². The Hall–Kier alpha value is -3.53. The van der Waals surface area contributed by atoms with E-state index in [0.29, 0.717) is 36.0 Å². The largest absolute Gasteiger partial charge is 0.300 e. The van der Waals surface area contributed by atoms with Gasteiger partial charge in [0.05, 0.1) is 18.3 Å². The Morgan fingerprint density at radius 2 is 1.51 bits per heavy atom. The van der Waals surface area contributed by atoms with E-state index in [1.165, 1.54) is 24.0 Å². The monoisotopic (exact) mass is 490 g/mol. The van der Waals surface area contributed by atoms with E-state index >= 15 is 0 Å². The van der Waals surface area contributed by atoms with Crippen LogP contribution in [-0.4, -0.2) is 21.3 Å². The minimum atomic E-state index is 0.227. The molecule has 2 aliphatic carbocycles. The lowest BCUT2D eigenvalue weighted by atomic mass is 9.47. The molecule has 2 fully saturated rings. The first-order valence-corrected chi connectivity index (χ1v) is 13.5. The number of ketones is 2. The summed E-state index contributed by atoms with van der Waals surface area (Å²) in [5, 5.41) is 5.76. The van der Waals surface area contributed by atoms with Gasteiger partial charge in [-0.2, -0.15) is 5.10 Å². The van der Waals surface area contributed by atoms with Crippen molar-refractivity contribution < 1.29 is 9.59 Å². The van der Waals surface area contributed by atoms with Crippen molar-refractivity contribution in [2.75, 3.05) is 0 Å². The molecule has 0 saturated heterocycles. The van der Waals surface area contributed by atoms with Crippen molar-refractivity contribution in [2.24, 2.45) is 17.3 Å². The number of rotatable bonds is 8. The van der Waals surface area contributed by atoms with E-state index in [-0.39, 0.29) is 5.78 Å². The molecule has 0 atom stereocenters. The summed E-state index contributed by atoms with van der Waals surface area (Å²) < 4.78 is 1.99. The Kier molecular flexibility index (Phi) is 6.06. The number of carbonyl (C=O) groups excluding carboxylic acids is 2. The van der Waals surface area contributed by atoms with E-state index in [2.05, 4.69) is 61.5 Å². The van der Waals surface area contributed by atoms with Crippen molar-refractivity contribution in [1.29, 1.82) is 0 Å². The highest BCUT2D eigenvalue weighted by Crippen LogP contribution is 2.62. The first kappa shape index (κ1) is 23.8. The first-order chi connectivity index (χ1) is 17.9. The number of nitrogens with zero attached hydrogens (tertiary/aromatic N) is 2. The zero-order valence-electron chi connectivity index (χ0n) is 21.7. The number of carbonyl (C=O) groups is 2. The number of aromatic nitrogens is 2. The predicted molar refractivity (Wildman–Crippen MR) is 148 cm³/mol. The SMILES string of the molecule is CC(=O)CC1CC2(C1)CC(CC(=O)c1ccc(C)c3cnn(Cc4ccc(-c5ccccc5)cc4)c13)C2. The Morgan fingerprint density at radius 1 is 0.865 bits per heavy atom. The van der Waals surface area contributed by atoms with Crippen LogP contribution < -0.4 is 0 Å². The summed E-state index contributed by atoms with van der Waals surface area (Å²) in [5.74, 6) is 1.56. The third kappa shape index (κ3) is 4.66. The summed E-state index contributed by atoms with van der Waals surface area (Å²) in [7, 11) is 0. The molecule has 3 aromatic carbocycles. The number of hydrogen-bond acceptors (Lipinski definition) is 3. The van der Waals surface area contributed by atoms with Gasteiger partial charge in [0.2, 0.25) is 0 Å². The standard InChI is InChI=1S/C33H34N2O2/c1-22-8-13-29(31(37)15-26-18-33(19-26)16-25(17-33)14-23(2)36)32-30(22)20-34-35(32)21-24-9-11-28(12-10-24)27-6-4-3-5-7-27/h3-13,20,25-26H,14-19,21H2,1-2H3. The van der Waals surface area contributed by atoms with Crippen molar-refractivity contribution in [3.05, 3.63) is 89.6 Å². The quantitative estimate of drug-likeness (QED) is 0.242. The number of Topliss-reactive ketones (excluding diaryl/α,β-unsaturated/α-hetero) is 2. The Balaban J connectivity index is 1.17. The van der Waals surface area contributed by atoms with Crippen LogP contribution >= 0.6 is 0 Å². The number of aryl methyl sites for hydroxylation is 1. The highest BCUT2D eigenvalue weighted by molar-refractivity contribution is 6.07. The molecule has 2 aliphatic rings. The van der Waals surface area contributed by atoms with E-state index in [1.807, 2.05) is 23.0 Å². The second-order valence-electron chi connectivity index (χ2n) is 11.6. The molecule has 0 radical (unpaired) electrons. The first-order valence-electron chi connectivity index (χ1n) is 13.5. The van der Waals surface area contributed by atoms with Gasteiger partial charge in [-0.1, -0.05) is 60.7 Å². The number of hydrogen-bond donors (Lipinski definition) is 0. The topological polar surface area (TPSA) is 52.0 Å². The van der Waals surface area contributed by atoms with Gasteiger partial charge >= 0.3 is 0 Å². The molecule has 0 bridgehead atoms. The lowest BCUT2D eigenvalue weighted by molar-refractivity contribution is -0.123. The fourth-order valence-corrected chi connectivity index (χ4v) is 7.02. The fraction of sp³-hybridized carbons (Fsp3) is 0.364. The molecule has 1 heterocycles. The van der Waals surface area contributed by atoms with Gasteiger partial charge in [-0.3, -0.25) is 9.48 Å². The Morgan fingerprint density at radius 3 is 2.19 bits per heavy atom.